The molecule has 0 amide bonds. The Hall–Kier alpha value is -2.02. The molecule has 5 nitrogen and oxygen atoms in total. The number of phenolic OH excluding ortho intramolecular Hbond substituents is 1. The predicted octanol–water partition coefficient (Wildman–Crippen LogP) is 2.27. The molecular formula is C12H12F2N2O3. The van der Waals surface area contributed by atoms with E-state index in [1.165, 1.54) is 6.07 Å². The number of hydrogen-bond donors (Lipinski definition) is 1. The van der Waals surface area contributed by atoms with Crippen molar-refractivity contribution < 1.29 is 23.1 Å². The van der Waals surface area contributed by atoms with Crippen LogP contribution in [0.5, 0.6) is 5.75 Å². The van der Waals surface area contributed by atoms with Gasteiger partial charge in [0.25, 0.3) is 12.3 Å². The van der Waals surface area contributed by atoms with Gasteiger partial charge in [0.1, 0.15) is 12.4 Å². The summed E-state index contributed by atoms with van der Waals surface area (Å²) in [5, 5.41) is 13.3. The quantitative estimate of drug-likeness (QED) is 0.815. The molecule has 2 rings (SSSR count). The molecule has 0 radical (unpaired) electrons. The minimum Gasteiger partial charge on any atom is -0.507 e. The van der Waals surface area contributed by atoms with Crippen molar-refractivity contribution in [1.82, 2.24) is 10.1 Å². The highest BCUT2D eigenvalue weighted by atomic mass is 19.3. The summed E-state index contributed by atoms with van der Waals surface area (Å²) in [6.45, 7) is -0.520. The fraction of sp³-hybridized carbons (Fsp3) is 0.333. The zero-order valence-corrected chi connectivity index (χ0v) is 9.92. The number of benzene rings is 1. The molecule has 0 fully saturated rings. The number of aromatic hydroxyl groups is 1. The average Bonchev–Trinajstić information content (AvgIpc) is 2.83. The number of rotatable bonds is 6. The van der Waals surface area contributed by atoms with E-state index in [1.54, 1.807) is 18.2 Å². The first-order chi connectivity index (χ1) is 9.16. The normalized spacial score (nSPS) is 11.1. The summed E-state index contributed by atoms with van der Waals surface area (Å²) in [4.78, 5) is 4.05. The molecule has 0 aliphatic carbocycles. The van der Waals surface area contributed by atoms with E-state index in [4.69, 9.17) is 9.26 Å². The van der Waals surface area contributed by atoms with Gasteiger partial charge in [0.2, 0.25) is 0 Å². The molecule has 0 saturated heterocycles. The van der Waals surface area contributed by atoms with Crippen LogP contribution in [-0.4, -0.2) is 34.9 Å². The van der Waals surface area contributed by atoms with Crippen LogP contribution in [0.4, 0.5) is 8.78 Å². The molecule has 1 aromatic heterocycles. The number of hydrogen-bond acceptors (Lipinski definition) is 5. The van der Waals surface area contributed by atoms with Crippen molar-refractivity contribution in [3.63, 3.8) is 0 Å². The van der Waals surface area contributed by atoms with E-state index in [0.29, 0.717) is 11.4 Å². The van der Waals surface area contributed by atoms with Gasteiger partial charge in [-0.2, -0.15) is 4.98 Å². The van der Waals surface area contributed by atoms with Crippen LogP contribution in [0.2, 0.25) is 0 Å². The summed E-state index contributed by atoms with van der Waals surface area (Å²) in [6, 6.07) is 6.55. The fourth-order valence-corrected chi connectivity index (χ4v) is 1.46. The standard InChI is InChI=1S/C12H12F2N2O3/c13-10(14)7-18-6-5-11-15-12(19-16-11)8-3-1-2-4-9(8)17/h1-4,10,17H,5-7H2. The summed E-state index contributed by atoms with van der Waals surface area (Å²) in [5.41, 5.74) is 0.426. The fourth-order valence-electron chi connectivity index (χ4n) is 1.46. The molecule has 1 N–H and O–H groups in total. The SMILES string of the molecule is Oc1ccccc1-c1nc(CCOCC(F)F)no1. The molecule has 0 atom stereocenters. The third-order valence-corrected chi connectivity index (χ3v) is 2.32. The third kappa shape index (κ3) is 3.72. The van der Waals surface area contributed by atoms with Crippen molar-refractivity contribution in [3.05, 3.63) is 30.1 Å². The smallest absolute Gasteiger partial charge is 0.261 e. The van der Waals surface area contributed by atoms with E-state index < -0.39 is 13.0 Å². The summed E-state index contributed by atoms with van der Waals surface area (Å²) in [5.74, 6) is 0.557. The van der Waals surface area contributed by atoms with E-state index in [-0.39, 0.29) is 24.7 Å². The maximum Gasteiger partial charge on any atom is 0.261 e. The van der Waals surface area contributed by atoms with E-state index in [1.807, 2.05) is 0 Å². The van der Waals surface area contributed by atoms with Gasteiger partial charge >= 0.3 is 0 Å². The monoisotopic (exact) mass is 270 g/mol. The Kier molecular flexibility index (Phi) is 4.40. The second-order valence-electron chi connectivity index (χ2n) is 3.75. The first-order valence-electron chi connectivity index (χ1n) is 5.63. The lowest BCUT2D eigenvalue weighted by Gasteiger charge is -1.99. The summed E-state index contributed by atoms with van der Waals surface area (Å²) in [7, 11) is 0. The number of aromatic nitrogens is 2. The number of halogens is 2. The second-order valence-corrected chi connectivity index (χ2v) is 3.75. The number of phenols is 1. The topological polar surface area (TPSA) is 68.4 Å². The van der Waals surface area contributed by atoms with Gasteiger partial charge in [-0.1, -0.05) is 17.3 Å². The van der Waals surface area contributed by atoms with Gasteiger partial charge < -0.3 is 14.4 Å². The molecule has 102 valence electrons. The van der Waals surface area contributed by atoms with Crippen LogP contribution in [0.3, 0.4) is 0 Å². The van der Waals surface area contributed by atoms with Gasteiger partial charge in [0.05, 0.1) is 12.2 Å². The minimum absolute atomic E-state index is 0.0339. The van der Waals surface area contributed by atoms with Crippen molar-refractivity contribution in [2.24, 2.45) is 0 Å². The second kappa shape index (κ2) is 6.24. The lowest BCUT2D eigenvalue weighted by molar-refractivity contribution is 0.0182. The molecule has 1 aromatic carbocycles. The summed E-state index contributed by atoms with van der Waals surface area (Å²) >= 11 is 0. The number of nitrogens with zero attached hydrogens (tertiary/aromatic N) is 2. The molecule has 0 saturated carbocycles. The van der Waals surface area contributed by atoms with Gasteiger partial charge in [-0.25, -0.2) is 8.78 Å². The molecule has 19 heavy (non-hydrogen) atoms. The highest BCUT2D eigenvalue weighted by Crippen LogP contribution is 2.26. The Balaban J connectivity index is 1.94. The van der Waals surface area contributed by atoms with Crippen LogP contribution in [0.1, 0.15) is 5.82 Å². The van der Waals surface area contributed by atoms with Crippen LogP contribution < -0.4 is 0 Å². The number of para-hydroxylation sites is 1. The molecule has 7 heteroatoms. The van der Waals surface area contributed by atoms with Crippen molar-refractivity contribution in [2.75, 3.05) is 13.2 Å². The Morgan fingerprint density at radius 1 is 1.32 bits per heavy atom. The van der Waals surface area contributed by atoms with E-state index in [2.05, 4.69) is 10.1 Å². The first kappa shape index (κ1) is 13.4. The van der Waals surface area contributed by atoms with E-state index >= 15 is 0 Å². The third-order valence-electron chi connectivity index (χ3n) is 2.32. The van der Waals surface area contributed by atoms with Crippen LogP contribution in [0.15, 0.2) is 28.8 Å². The first-order valence-corrected chi connectivity index (χ1v) is 5.63. The van der Waals surface area contributed by atoms with E-state index in [0.717, 1.165) is 0 Å². The van der Waals surface area contributed by atoms with Crippen LogP contribution >= 0.6 is 0 Å². The molecule has 0 unspecified atom stereocenters. The maximum atomic E-state index is 11.8. The average molecular weight is 270 g/mol. The highest BCUT2D eigenvalue weighted by Gasteiger charge is 2.12. The molecule has 0 aliphatic rings. The summed E-state index contributed by atoms with van der Waals surface area (Å²) in [6.07, 6.45) is -2.22. The maximum absolute atomic E-state index is 11.8. The number of ether oxygens (including phenoxy) is 1. The Labute approximate surface area is 107 Å². The molecule has 1 heterocycles. The van der Waals surface area contributed by atoms with Crippen LogP contribution in [0.25, 0.3) is 11.5 Å². The largest absolute Gasteiger partial charge is 0.507 e. The van der Waals surface area contributed by atoms with Gasteiger partial charge in [0, 0.05) is 6.42 Å². The van der Waals surface area contributed by atoms with Crippen molar-refractivity contribution in [1.29, 1.82) is 0 Å². The van der Waals surface area contributed by atoms with Crippen LogP contribution in [0, 0.1) is 0 Å². The van der Waals surface area contributed by atoms with Crippen LogP contribution in [-0.2, 0) is 11.2 Å². The molecule has 2 aromatic rings. The Morgan fingerprint density at radius 3 is 2.84 bits per heavy atom. The summed E-state index contributed by atoms with van der Waals surface area (Å²) < 4.78 is 33.4. The lowest BCUT2D eigenvalue weighted by Crippen LogP contribution is -2.07. The Morgan fingerprint density at radius 2 is 2.11 bits per heavy atom. The van der Waals surface area contributed by atoms with Crippen molar-refractivity contribution >= 4 is 0 Å². The van der Waals surface area contributed by atoms with Gasteiger partial charge in [-0.15, -0.1) is 0 Å². The van der Waals surface area contributed by atoms with Gasteiger partial charge in [0.15, 0.2) is 5.82 Å². The molecule has 0 bridgehead atoms. The van der Waals surface area contributed by atoms with Crippen molar-refractivity contribution in [3.8, 4) is 17.2 Å². The minimum atomic E-state index is -2.48. The highest BCUT2D eigenvalue weighted by molar-refractivity contribution is 5.61. The molecule has 0 aliphatic heterocycles. The lowest BCUT2D eigenvalue weighted by atomic mass is 10.2. The van der Waals surface area contributed by atoms with E-state index in [9.17, 15) is 13.9 Å². The molecule has 0 spiro atoms. The van der Waals surface area contributed by atoms with Gasteiger partial charge in [-0.3, -0.25) is 0 Å². The predicted molar refractivity (Wildman–Crippen MR) is 61.9 cm³/mol. The van der Waals surface area contributed by atoms with Crippen molar-refractivity contribution in [2.45, 2.75) is 12.8 Å². The zero-order valence-electron chi connectivity index (χ0n) is 9.92. The Bertz CT molecular complexity index is 531. The molecular weight excluding hydrogens is 258 g/mol. The number of alkyl halides is 2. The zero-order chi connectivity index (χ0) is 13.7. The van der Waals surface area contributed by atoms with Gasteiger partial charge in [-0.05, 0) is 12.1 Å².